The molecule has 1 N–H and O–H groups in total. The van der Waals surface area contributed by atoms with Gasteiger partial charge in [-0.25, -0.2) is 8.42 Å². The number of nitrogens with zero attached hydrogens (tertiary/aromatic N) is 1. The zero-order valence-electron chi connectivity index (χ0n) is 13.8. The molecule has 1 saturated carbocycles. The number of hydrogen-bond acceptors (Lipinski definition) is 3. The Balaban J connectivity index is 2.05. The van der Waals surface area contributed by atoms with Crippen molar-refractivity contribution in [3.05, 3.63) is 29.8 Å². The van der Waals surface area contributed by atoms with Crippen LogP contribution in [0.25, 0.3) is 0 Å². The van der Waals surface area contributed by atoms with Crippen molar-refractivity contribution in [2.45, 2.75) is 44.3 Å². The third kappa shape index (κ3) is 5.62. The number of amides is 1. The molecule has 1 aliphatic rings. The molecule has 140 valence electrons. The normalized spacial score (nSPS) is 16.0. The van der Waals surface area contributed by atoms with Gasteiger partial charge in [-0.15, -0.1) is 0 Å². The Bertz CT molecular complexity index is 696. The fourth-order valence-corrected chi connectivity index (χ4v) is 3.80. The molecule has 1 amide bonds. The van der Waals surface area contributed by atoms with E-state index in [-0.39, 0.29) is 30.6 Å². The minimum Gasteiger partial charge on any atom is -0.353 e. The summed E-state index contributed by atoms with van der Waals surface area (Å²) in [5, 5.41) is 2.86. The van der Waals surface area contributed by atoms with Gasteiger partial charge in [-0.1, -0.05) is 12.8 Å². The summed E-state index contributed by atoms with van der Waals surface area (Å²) in [7, 11) is -3.72. The molecule has 0 heterocycles. The third-order valence-electron chi connectivity index (χ3n) is 4.15. The smallest absolute Gasteiger partial charge is 0.353 e. The fraction of sp³-hybridized carbons (Fsp3) is 0.562. The molecule has 2 rings (SSSR count). The number of benzene rings is 1. The highest BCUT2D eigenvalue weighted by atomic mass is 32.2. The molecule has 0 saturated heterocycles. The maximum absolute atomic E-state index is 12.6. The van der Waals surface area contributed by atoms with E-state index in [4.69, 9.17) is 0 Å². The molecular formula is C16H21F3N2O3S. The van der Waals surface area contributed by atoms with Crippen LogP contribution in [0.15, 0.2) is 24.3 Å². The standard InChI is InChI=1S/C16H21F3N2O3S/c1-25(23,24)21(11-10-15(22)20-13-4-2-3-5-13)14-8-6-12(7-9-14)16(17,18)19/h6-9,13H,2-5,10-11H2,1H3,(H,20,22). The van der Waals surface area contributed by atoms with Gasteiger partial charge in [0.2, 0.25) is 15.9 Å². The van der Waals surface area contributed by atoms with Crippen LogP contribution in [0.5, 0.6) is 0 Å². The number of halogens is 3. The van der Waals surface area contributed by atoms with Gasteiger partial charge in [0, 0.05) is 19.0 Å². The number of sulfonamides is 1. The second kappa shape index (κ2) is 7.63. The molecule has 1 aromatic carbocycles. The van der Waals surface area contributed by atoms with E-state index in [2.05, 4.69) is 5.32 Å². The predicted octanol–water partition coefficient (Wildman–Crippen LogP) is 2.92. The van der Waals surface area contributed by atoms with Gasteiger partial charge in [-0.2, -0.15) is 13.2 Å². The number of alkyl halides is 3. The topological polar surface area (TPSA) is 66.5 Å². The summed E-state index contributed by atoms with van der Waals surface area (Å²) in [5.41, 5.74) is -0.757. The molecule has 0 bridgehead atoms. The molecule has 0 spiro atoms. The average molecular weight is 378 g/mol. The Morgan fingerprint density at radius 1 is 1.20 bits per heavy atom. The molecule has 9 heteroatoms. The van der Waals surface area contributed by atoms with Crippen LogP contribution in [0.4, 0.5) is 18.9 Å². The molecule has 5 nitrogen and oxygen atoms in total. The highest BCUT2D eigenvalue weighted by molar-refractivity contribution is 7.92. The predicted molar refractivity (Wildman–Crippen MR) is 88.6 cm³/mol. The van der Waals surface area contributed by atoms with Crippen molar-refractivity contribution in [2.75, 3.05) is 17.1 Å². The van der Waals surface area contributed by atoms with Crippen molar-refractivity contribution in [1.29, 1.82) is 0 Å². The number of anilines is 1. The monoisotopic (exact) mass is 378 g/mol. The van der Waals surface area contributed by atoms with Crippen LogP contribution < -0.4 is 9.62 Å². The Kier molecular flexibility index (Phi) is 5.97. The summed E-state index contributed by atoms with van der Waals surface area (Å²) in [4.78, 5) is 12.0. The molecule has 1 fully saturated rings. The van der Waals surface area contributed by atoms with Gasteiger partial charge >= 0.3 is 6.18 Å². The number of nitrogens with one attached hydrogen (secondary N) is 1. The summed E-state index contributed by atoms with van der Waals surface area (Å²) in [6, 6.07) is 3.97. The number of rotatable bonds is 6. The molecule has 0 unspecified atom stereocenters. The minimum atomic E-state index is -4.49. The number of carbonyl (C=O) groups excluding carboxylic acids is 1. The van der Waals surface area contributed by atoms with Crippen molar-refractivity contribution >= 4 is 21.6 Å². The van der Waals surface area contributed by atoms with Crippen molar-refractivity contribution < 1.29 is 26.4 Å². The third-order valence-corrected chi connectivity index (χ3v) is 5.34. The first-order valence-electron chi connectivity index (χ1n) is 8.02. The quantitative estimate of drug-likeness (QED) is 0.828. The lowest BCUT2D eigenvalue weighted by Crippen LogP contribution is -2.37. The Hall–Kier alpha value is -1.77. The summed E-state index contributed by atoms with van der Waals surface area (Å²) in [5.74, 6) is -0.257. The number of hydrogen-bond donors (Lipinski definition) is 1. The van der Waals surface area contributed by atoms with Gasteiger partial charge in [0.25, 0.3) is 0 Å². The molecule has 25 heavy (non-hydrogen) atoms. The van der Waals surface area contributed by atoms with Crippen molar-refractivity contribution in [3.63, 3.8) is 0 Å². The molecule has 0 aromatic heterocycles. The van der Waals surface area contributed by atoms with Gasteiger partial charge in [0.15, 0.2) is 0 Å². The largest absolute Gasteiger partial charge is 0.416 e. The van der Waals surface area contributed by atoms with E-state index < -0.39 is 21.8 Å². The first kappa shape index (κ1) is 19.6. The highest BCUT2D eigenvalue weighted by Gasteiger charge is 2.30. The molecule has 1 aliphatic carbocycles. The van der Waals surface area contributed by atoms with Gasteiger partial charge in [0.1, 0.15) is 0 Å². The SMILES string of the molecule is CS(=O)(=O)N(CCC(=O)NC1CCCC1)c1ccc(C(F)(F)F)cc1. The highest BCUT2D eigenvalue weighted by Crippen LogP contribution is 2.31. The van der Waals surface area contributed by atoms with Crippen molar-refractivity contribution in [1.82, 2.24) is 5.32 Å². The lowest BCUT2D eigenvalue weighted by atomic mass is 10.2. The lowest BCUT2D eigenvalue weighted by Gasteiger charge is -2.23. The molecule has 0 aliphatic heterocycles. The molecule has 0 atom stereocenters. The molecular weight excluding hydrogens is 357 g/mol. The van der Waals surface area contributed by atoms with Crippen LogP contribution >= 0.6 is 0 Å². The Morgan fingerprint density at radius 3 is 2.24 bits per heavy atom. The second-order valence-corrected chi connectivity index (χ2v) is 8.09. The summed E-state index contributed by atoms with van der Waals surface area (Å²) in [6.45, 7) is -0.122. The first-order valence-corrected chi connectivity index (χ1v) is 9.86. The van der Waals surface area contributed by atoms with Crippen LogP contribution in [0.2, 0.25) is 0 Å². The zero-order chi connectivity index (χ0) is 18.7. The summed E-state index contributed by atoms with van der Waals surface area (Å²) in [6.07, 6.45) is 0.374. The number of carbonyl (C=O) groups is 1. The Morgan fingerprint density at radius 2 is 1.76 bits per heavy atom. The van der Waals surface area contributed by atoms with Gasteiger partial charge < -0.3 is 5.32 Å². The lowest BCUT2D eigenvalue weighted by molar-refractivity contribution is -0.137. The van der Waals surface area contributed by atoms with Crippen LogP contribution in [0, 0.1) is 0 Å². The minimum absolute atomic E-state index is 0.0510. The van der Waals surface area contributed by atoms with Crippen LogP contribution in [-0.2, 0) is 21.0 Å². The van der Waals surface area contributed by atoms with Crippen molar-refractivity contribution in [2.24, 2.45) is 0 Å². The van der Waals surface area contributed by atoms with Crippen LogP contribution in [0.1, 0.15) is 37.7 Å². The Labute approximate surface area is 145 Å². The van der Waals surface area contributed by atoms with Gasteiger partial charge in [0.05, 0.1) is 17.5 Å². The fourth-order valence-electron chi connectivity index (χ4n) is 2.88. The average Bonchev–Trinajstić information content (AvgIpc) is 2.98. The summed E-state index contributed by atoms with van der Waals surface area (Å²) < 4.78 is 62.7. The van der Waals surface area contributed by atoms with Crippen LogP contribution in [0.3, 0.4) is 0 Å². The summed E-state index contributed by atoms with van der Waals surface area (Å²) >= 11 is 0. The van der Waals surface area contributed by atoms with Gasteiger partial charge in [-0.3, -0.25) is 9.10 Å². The van der Waals surface area contributed by atoms with E-state index in [1.54, 1.807) is 0 Å². The van der Waals surface area contributed by atoms with E-state index in [0.717, 1.165) is 60.5 Å². The van der Waals surface area contributed by atoms with Crippen molar-refractivity contribution in [3.8, 4) is 0 Å². The van der Waals surface area contributed by atoms with E-state index in [0.29, 0.717) is 0 Å². The molecule has 0 radical (unpaired) electrons. The van der Waals surface area contributed by atoms with E-state index in [9.17, 15) is 26.4 Å². The zero-order valence-corrected chi connectivity index (χ0v) is 14.7. The maximum atomic E-state index is 12.6. The van der Waals surface area contributed by atoms with E-state index in [1.807, 2.05) is 0 Å². The van der Waals surface area contributed by atoms with Crippen LogP contribution in [-0.4, -0.2) is 33.2 Å². The van der Waals surface area contributed by atoms with E-state index >= 15 is 0 Å². The maximum Gasteiger partial charge on any atom is 0.416 e. The molecule has 1 aromatic rings. The first-order chi connectivity index (χ1) is 11.6. The second-order valence-electron chi connectivity index (χ2n) is 6.18. The van der Waals surface area contributed by atoms with E-state index in [1.165, 1.54) is 0 Å². The van der Waals surface area contributed by atoms with Gasteiger partial charge in [-0.05, 0) is 37.1 Å².